The van der Waals surface area contributed by atoms with E-state index in [2.05, 4.69) is 20.3 Å². The van der Waals surface area contributed by atoms with Crippen molar-refractivity contribution in [2.45, 2.75) is 13.8 Å². The number of ether oxygens (including phenoxy) is 1. The maximum absolute atomic E-state index is 12.9. The van der Waals surface area contributed by atoms with Gasteiger partial charge in [-0.15, -0.1) is 0 Å². The zero-order valence-electron chi connectivity index (χ0n) is 15.8. The van der Waals surface area contributed by atoms with Crippen LogP contribution in [0.15, 0.2) is 30.3 Å². The normalized spacial score (nSPS) is 14.6. The molecule has 0 unspecified atom stereocenters. The van der Waals surface area contributed by atoms with Crippen LogP contribution in [0, 0.1) is 13.8 Å². The second-order valence-corrected chi connectivity index (χ2v) is 6.82. The monoisotopic (exact) mass is 365 g/mol. The Morgan fingerprint density at radius 1 is 1.15 bits per heavy atom. The number of carbonyl (C=O) groups is 1. The van der Waals surface area contributed by atoms with Crippen LogP contribution in [0.4, 0.5) is 11.4 Å². The van der Waals surface area contributed by atoms with E-state index in [1.165, 1.54) is 0 Å². The van der Waals surface area contributed by atoms with Crippen LogP contribution in [-0.4, -0.2) is 47.0 Å². The fraction of sp³-hybridized carbons (Fsp3) is 0.350. The third kappa shape index (κ3) is 3.38. The number of benzene rings is 1. The Hall–Kier alpha value is -2.93. The summed E-state index contributed by atoms with van der Waals surface area (Å²) < 4.78 is 7.11. The predicted molar refractivity (Wildman–Crippen MR) is 105 cm³/mol. The summed E-state index contributed by atoms with van der Waals surface area (Å²) in [5.41, 5.74) is 4.81. The molecule has 3 aromatic rings. The van der Waals surface area contributed by atoms with E-state index in [-0.39, 0.29) is 5.91 Å². The fourth-order valence-electron chi connectivity index (χ4n) is 3.52. The number of morpholine rings is 1. The summed E-state index contributed by atoms with van der Waals surface area (Å²) >= 11 is 0. The minimum absolute atomic E-state index is 0.152. The highest BCUT2D eigenvalue weighted by Gasteiger charge is 2.18. The summed E-state index contributed by atoms with van der Waals surface area (Å²) in [5, 5.41) is 8.20. The second kappa shape index (κ2) is 7.00. The van der Waals surface area contributed by atoms with Crippen LogP contribution in [0.1, 0.15) is 21.7 Å². The minimum atomic E-state index is -0.152. The zero-order valence-corrected chi connectivity index (χ0v) is 15.8. The number of hydrogen-bond donors (Lipinski definition) is 1. The largest absolute Gasteiger partial charge is 0.378 e. The van der Waals surface area contributed by atoms with Crippen molar-refractivity contribution in [3.63, 3.8) is 0 Å². The first-order chi connectivity index (χ1) is 13.0. The zero-order chi connectivity index (χ0) is 19.0. The van der Waals surface area contributed by atoms with Gasteiger partial charge in [0.2, 0.25) is 0 Å². The van der Waals surface area contributed by atoms with Crippen molar-refractivity contribution in [2.75, 3.05) is 36.5 Å². The highest BCUT2D eigenvalue weighted by molar-refractivity contribution is 6.12. The maximum Gasteiger partial charge on any atom is 0.256 e. The number of nitrogens with zero attached hydrogens (tertiary/aromatic N) is 4. The molecular weight excluding hydrogens is 342 g/mol. The van der Waals surface area contributed by atoms with Gasteiger partial charge in [0.05, 0.1) is 29.9 Å². The fourth-order valence-corrected chi connectivity index (χ4v) is 3.52. The summed E-state index contributed by atoms with van der Waals surface area (Å²) in [4.78, 5) is 19.7. The van der Waals surface area contributed by atoms with Crippen LogP contribution >= 0.6 is 0 Å². The molecule has 1 saturated heterocycles. The topological polar surface area (TPSA) is 72.3 Å². The first-order valence-electron chi connectivity index (χ1n) is 9.08. The summed E-state index contributed by atoms with van der Waals surface area (Å²) in [6, 6.07) is 9.75. The quantitative estimate of drug-likeness (QED) is 0.773. The molecule has 1 aromatic carbocycles. The SMILES string of the molecule is Cc1cc(C(=O)Nc2ccc(N3CCOCC3)cc2)c2c(C)nn(C)c2n1. The number of fused-ring (bicyclic) bond motifs is 1. The van der Waals surface area contributed by atoms with Crippen molar-refractivity contribution in [1.82, 2.24) is 14.8 Å². The third-order valence-corrected chi connectivity index (χ3v) is 4.84. The van der Waals surface area contributed by atoms with Crippen molar-refractivity contribution >= 4 is 28.3 Å². The molecule has 0 radical (unpaired) electrons. The van der Waals surface area contributed by atoms with E-state index in [1.807, 2.05) is 51.2 Å². The van der Waals surface area contributed by atoms with Crippen molar-refractivity contribution < 1.29 is 9.53 Å². The molecule has 27 heavy (non-hydrogen) atoms. The van der Waals surface area contributed by atoms with Gasteiger partial charge in [0.25, 0.3) is 5.91 Å². The molecule has 1 N–H and O–H groups in total. The van der Waals surface area contributed by atoms with Gasteiger partial charge in [-0.25, -0.2) is 4.98 Å². The first-order valence-corrected chi connectivity index (χ1v) is 9.08. The van der Waals surface area contributed by atoms with E-state index < -0.39 is 0 Å². The Kier molecular flexibility index (Phi) is 4.53. The van der Waals surface area contributed by atoms with Crippen LogP contribution < -0.4 is 10.2 Å². The van der Waals surface area contributed by atoms with Gasteiger partial charge in [-0.3, -0.25) is 9.48 Å². The average Bonchev–Trinajstić information content (AvgIpc) is 2.96. The number of pyridine rings is 1. The lowest BCUT2D eigenvalue weighted by atomic mass is 10.1. The summed E-state index contributed by atoms with van der Waals surface area (Å²) in [7, 11) is 1.84. The van der Waals surface area contributed by atoms with Crippen LogP contribution in [0.3, 0.4) is 0 Å². The lowest BCUT2D eigenvalue weighted by Crippen LogP contribution is -2.36. The molecule has 0 aliphatic carbocycles. The molecule has 2 aromatic heterocycles. The number of rotatable bonds is 3. The van der Waals surface area contributed by atoms with Crippen LogP contribution in [0.25, 0.3) is 11.0 Å². The third-order valence-electron chi connectivity index (χ3n) is 4.84. The number of hydrogen-bond acceptors (Lipinski definition) is 5. The Morgan fingerprint density at radius 3 is 2.56 bits per heavy atom. The molecule has 7 heteroatoms. The highest BCUT2D eigenvalue weighted by Crippen LogP contribution is 2.24. The van der Waals surface area contributed by atoms with Crippen LogP contribution in [0.2, 0.25) is 0 Å². The average molecular weight is 365 g/mol. The molecule has 1 aliphatic rings. The van der Waals surface area contributed by atoms with Crippen LogP contribution in [-0.2, 0) is 11.8 Å². The van der Waals surface area contributed by atoms with E-state index in [1.54, 1.807) is 4.68 Å². The molecule has 1 fully saturated rings. The summed E-state index contributed by atoms with van der Waals surface area (Å²) in [5.74, 6) is -0.152. The Morgan fingerprint density at radius 2 is 1.85 bits per heavy atom. The van der Waals surface area contributed by atoms with Crippen LogP contribution in [0.5, 0.6) is 0 Å². The molecule has 0 saturated carbocycles. The molecule has 140 valence electrons. The van der Waals surface area contributed by atoms with Crippen molar-refractivity contribution in [3.05, 3.63) is 47.3 Å². The Balaban J connectivity index is 1.58. The highest BCUT2D eigenvalue weighted by atomic mass is 16.5. The molecule has 0 spiro atoms. The van der Waals surface area contributed by atoms with Gasteiger partial charge in [0.1, 0.15) is 0 Å². The number of aromatic nitrogens is 3. The smallest absolute Gasteiger partial charge is 0.256 e. The van der Waals surface area contributed by atoms with E-state index in [0.29, 0.717) is 5.56 Å². The van der Waals surface area contributed by atoms with Gasteiger partial charge in [-0.05, 0) is 44.2 Å². The van der Waals surface area contributed by atoms with E-state index in [4.69, 9.17) is 4.74 Å². The van der Waals surface area contributed by atoms with E-state index in [9.17, 15) is 4.79 Å². The standard InChI is InChI=1S/C20H23N5O2/c1-13-12-17(18-14(2)23-24(3)19(18)21-13)20(26)22-15-4-6-16(7-5-15)25-8-10-27-11-9-25/h4-7,12H,8-11H2,1-3H3,(H,22,26). The molecular formula is C20H23N5O2. The number of nitrogens with one attached hydrogen (secondary N) is 1. The Labute approximate surface area is 157 Å². The Bertz CT molecular complexity index is 988. The van der Waals surface area contributed by atoms with Gasteiger partial charge in [-0.2, -0.15) is 5.10 Å². The number of carbonyl (C=O) groups excluding carboxylic acids is 1. The molecule has 0 bridgehead atoms. The maximum atomic E-state index is 12.9. The molecule has 4 rings (SSSR count). The van der Waals surface area contributed by atoms with Gasteiger partial charge in [0.15, 0.2) is 5.65 Å². The van der Waals surface area contributed by atoms with Crippen molar-refractivity contribution in [1.29, 1.82) is 0 Å². The van der Waals surface area contributed by atoms with E-state index in [0.717, 1.165) is 60.1 Å². The first kappa shape index (κ1) is 17.5. The predicted octanol–water partition coefficient (Wildman–Crippen LogP) is 2.67. The van der Waals surface area contributed by atoms with Gasteiger partial charge >= 0.3 is 0 Å². The lowest BCUT2D eigenvalue weighted by Gasteiger charge is -2.28. The summed E-state index contributed by atoms with van der Waals surface area (Å²) in [6.07, 6.45) is 0. The number of anilines is 2. The summed E-state index contributed by atoms with van der Waals surface area (Å²) in [6.45, 7) is 7.06. The molecule has 7 nitrogen and oxygen atoms in total. The van der Waals surface area contributed by atoms with Gasteiger partial charge in [-0.1, -0.05) is 0 Å². The number of aryl methyl sites for hydroxylation is 3. The minimum Gasteiger partial charge on any atom is -0.378 e. The lowest BCUT2D eigenvalue weighted by molar-refractivity contribution is 0.102. The van der Waals surface area contributed by atoms with Gasteiger partial charge < -0.3 is 15.0 Å². The molecule has 1 aliphatic heterocycles. The molecule has 0 atom stereocenters. The second-order valence-electron chi connectivity index (χ2n) is 6.82. The van der Waals surface area contributed by atoms with Gasteiger partial charge in [0, 0.05) is 37.2 Å². The molecule has 3 heterocycles. The van der Waals surface area contributed by atoms with Crippen molar-refractivity contribution in [2.24, 2.45) is 7.05 Å². The van der Waals surface area contributed by atoms with Crippen molar-refractivity contribution in [3.8, 4) is 0 Å². The number of amides is 1. The van der Waals surface area contributed by atoms with E-state index >= 15 is 0 Å². The molecule has 1 amide bonds.